The third kappa shape index (κ3) is 2.13. The Morgan fingerprint density at radius 3 is 2.23 bits per heavy atom. The highest BCUT2D eigenvalue weighted by molar-refractivity contribution is 7.12. The summed E-state index contributed by atoms with van der Waals surface area (Å²) in [6.45, 7) is 2.03. The van der Waals surface area contributed by atoms with E-state index in [0.29, 0.717) is 15.2 Å². The van der Waals surface area contributed by atoms with Gasteiger partial charge in [0.25, 0.3) is 0 Å². The topological polar surface area (TPSA) is 58.6 Å². The Bertz CT molecular complexity index is 619. The first-order valence-corrected chi connectivity index (χ1v) is 9.11. The largest absolute Gasteiger partial charge is 0.460 e. The molecule has 6 heteroatoms. The highest BCUT2D eigenvalue weighted by Crippen LogP contribution is 2.47. The Morgan fingerprint density at radius 2 is 1.82 bits per heavy atom. The van der Waals surface area contributed by atoms with Crippen molar-refractivity contribution in [1.29, 1.82) is 0 Å². The van der Waals surface area contributed by atoms with Crippen molar-refractivity contribution >= 4 is 28.6 Å². The first-order valence-electron chi connectivity index (χ1n) is 7.35. The van der Waals surface area contributed by atoms with E-state index in [1.807, 2.05) is 22.9 Å². The molecule has 2 aromatic heterocycles. The number of carbonyl (C=O) groups excluding carboxylic acids is 1. The van der Waals surface area contributed by atoms with Gasteiger partial charge in [0.15, 0.2) is 0 Å². The number of thiophene rings is 2. The van der Waals surface area contributed by atoms with Gasteiger partial charge in [0, 0.05) is 18.5 Å². The number of nitrogens with one attached hydrogen (secondary N) is 1. The molecule has 0 atom stereocenters. The van der Waals surface area contributed by atoms with Gasteiger partial charge in [-0.2, -0.15) is 0 Å². The summed E-state index contributed by atoms with van der Waals surface area (Å²) in [5, 5.41) is 18.1. The number of aliphatic hydroxyl groups is 1. The number of rotatable bonds is 4. The molecule has 3 heterocycles. The Labute approximate surface area is 136 Å². The van der Waals surface area contributed by atoms with Crippen LogP contribution in [0.25, 0.3) is 0 Å². The lowest BCUT2D eigenvalue weighted by atomic mass is 9.63. The molecular formula is C16H17NO3S2. The smallest absolute Gasteiger partial charge is 0.349 e. The first kappa shape index (κ1) is 14.4. The van der Waals surface area contributed by atoms with Gasteiger partial charge in [0.1, 0.15) is 6.10 Å². The van der Waals surface area contributed by atoms with Crippen molar-refractivity contribution in [2.24, 2.45) is 5.41 Å². The van der Waals surface area contributed by atoms with Crippen molar-refractivity contribution in [3.05, 3.63) is 44.8 Å². The molecule has 1 saturated carbocycles. The van der Waals surface area contributed by atoms with E-state index in [4.69, 9.17) is 4.74 Å². The zero-order valence-electron chi connectivity index (χ0n) is 12.0. The fraction of sp³-hybridized carbons (Fsp3) is 0.438. The molecule has 0 radical (unpaired) electrons. The number of hydrogen-bond acceptors (Lipinski definition) is 6. The molecule has 22 heavy (non-hydrogen) atoms. The molecule has 2 aliphatic rings. The standard InChI is InChI=1S/C16H17NO3S2/c18-14(20-11-7-15(8-11)9-17-10-15)16(19,12-3-1-5-21-12)13-4-2-6-22-13/h1-6,11,17,19H,7-10H2. The van der Waals surface area contributed by atoms with Crippen molar-refractivity contribution in [2.75, 3.05) is 13.1 Å². The highest BCUT2D eigenvalue weighted by atomic mass is 32.1. The van der Waals surface area contributed by atoms with Crippen molar-refractivity contribution in [2.45, 2.75) is 24.5 Å². The maximum atomic E-state index is 12.7. The zero-order chi connectivity index (χ0) is 15.2. The molecule has 4 rings (SSSR count). The van der Waals surface area contributed by atoms with Crippen LogP contribution in [0.1, 0.15) is 22.6 Å². The molecule has 2 N–H and O–H groups in total. The average molecular weight is 335 g/mol. The second-order valence-electron chi connectivity index (χ2n) is 6.20. The molecule has 4 nitrogen and oxygen atoms in total. The Balaban J connectivity index is 1.55. The fourth-order valence-electron chi connectivity index (χ4n) is 3.28. The van der Waals surface area contributed by atoms with Gasteiger partial charge in [-0.25, -0.2) is 4.79 Å². The van der Waals surface area contributed by atoms with Gasteiger partial charge in [0.2, 0.25) is 5.60 Å². The lowest BCUT2D eigenvalue weighted by molar-refractivity contribution is -0.182. The van der Waals surface area contributed by atoms with Crippen molar-refractivity contribution in [3.8, 4) is 0 Å². The molecule has 0 bridgehead atoms. The number of hydrogen-bond donors (Lipinski definition) is 2. The van der Waals surface area contributed by atoms with Crippen LogP contribution < -0.4 is 5.32 Å². The normalized spacial score (nSPS) is 20.4. The third-order valence-corrected chi connectivity index (χ3v) is 6.60. The van der Waals surface area contributed by atoms with Crippen LogP contribution in [0.3, 0.4) is 0 Å². The van der Waals surface area contributed by atoms with Gasteiger partial charge in [-0.1, -0.05) is 12.1 Å². The summed E-state index contributed by atoms with van der Waals surface area (Å²) >= 11 is 2.74. The van der Waals surface area contributed by atoms with Crippen LogP contribution in [-0.4, -0.2) is 30.3 Å². The van der Waals surface area contributed by atoms with Gasteiger partial charge in [0.05, 0.1) is 9.75 Å². The van der Waals surface area contributed by atoms with Gasteiger partial charge in [-0.15, -0.1) is 22.7 Å². The van der Waals surface area contributed by atoms with E-state index in [9.17, 15) is 9.90 Å². The summed E-state index contributed by atoms with van der Waals surface area (Å²) < 4.78 is 5.63. The van der Waals surface area contributed by atoms with Crippen LogP contribution in [0.4, 0.5) is 0 Å². The van der Waals surface area contributed by atoms with Crippen LogP contribution in [0.2, 0.25) is 0 Å². The third-order valence-electron chi connectivity index (χ3n) is 4.65. The highest BCUT2D eigenvalue weighted by Gasteiger charge is 2.52. The van der Waals surface area contributed by atoms with Crippen LogP contribution in [0.5, 0.6) is 0 Å². The van der Waals surface area contributed by atoms with Crippen molar-refractivity contribution < 1.29 is 14.6 Å². The summed E-state index contributed by atoms with van der Waals surface area (Å²) in [6.07, 6.45) is 1.73. The van der Waals surface area contributed by atoms with Gasteiger partial charge >= 0.3 is 5.97 Å². The average Bonchev–Trinajstić information content (AvgIpc) is 3.11. The van der Waals surface area contributed by atoms with E-state index in [0.717, 1.165) is 25.9 Å². The van der Waals surface area contributed by atoms with E-state index in [2.05, 4.69) is 5.32 Å². The molecular weight excluding hydrogens is 318 g/mol. The molecule has 2 fully saturated rings. The van der Waals surface area contributed by atoms with E-state index in [-0.39, 0.29) is 6.10 Å². The molecule has 1 spiro atoms. The lowest BCUT2D eigenvalue weighted by Crippen LogP contribution is -2.62. The molecule has 0 aromatic carbocycles. The van der Waals surface area contributed by atoms with Gasteiger partial charge in [-0.05, 0) is 35.7 Å². The van der Waals surface area contributed by atoms with Crippen LogP contribution in [-0.2, 0) is 15.1 Å². The number of esters is 1. The van der Waals surface area contributed by atoms with Crippen molar-refractivity contribution in [3.63, 3.8) is 0 Å². The summed E-state index contributed by atoms with van der Waals surface area (Å²) in [5.74, 6) is -0.551. The molecule has 0 amide bonds. The lowest BCUT2D eigenvalue weighted by Gasteiger charge is -2.53. The minimum atomic E-state index is -1.68. The van der Waals surface area contributed by atoms with E-state index < -0.39 is 11.6 Å². The maximum Gasteiger partial charge on any atom is 0.349 e. The number of carbonyl (C=O) groups is 1. The molecule has 116 valence electrons. The second kappa shape index (κ2) is 5.16. The van der Waals surface area contributed by atoms with Crippen LogP contribution in [0, 0.1) is 5.41 Å². The van der Waals surface area contributed by atoms with Crippen molar-refractivity contribution in [1.82, 2.24) is 5.32 Å². The monoisotopic (exact) mass is 335 g/mol. The van der Waals surface area contributed by atoms with Crippen LogP contribution in [0.15, 0.2) is 35.0 Å². The van der Waals surface area contributed by atoms with E-state index >= 15 is 0 Å². The van der Waals surface area contributed by atoms with E-state index in [1.165, 1.54) is 22.7 Å². The Hall–Kier alpha value is -1.21. The zero-order valence-corrected chi connectivity index (χ0v) is 13.6. The molecule has 1 saturated heterocycles. The SMILES string of the molecule is O=C(OC1CC2(CNC2)C1)C(O)(c1cccs1)c1cccs1. The molecule has 1 aliphatic heterocycles. The minimum Gasteiger partial charge on any atom is -0.460 e. The summed E-state index contributed by atoms with van der Waals surface area (Å²) in [5.41, 5.74) is -1.34. The van der Waals surface area contributed by atoms with E-state index in [1.54, 1.807) is 12.1 Å². The minimum absolute atomic E-state index is 0.0685. The fourth-order valence-corrected chi connectivity index (χ4v) is 5.00. The summed E-state index contributed by atoms with van der Waals surface area (Å²) in [7, 11) is 0. The van der Waals surface area contributed by atoms with Gasteiger partial charge < -0.3 is 15.2 Å². The molecule has 0 unspecified atom stereocenters. The predicted octanol–water partition coefficient (Wildman–Crippen LogP) is 2.34. The molecule has 2 aromatic rings. The Morgan fingerprint density at radius 1 is 1.23 bits per heavy atom. The summed E-state index contributed by atoms with van der Waals surface area (Å²) in [4.78, 5) is 13.9. The van der Waals surface area contributed by atoms with Crippen LogP contribution >= 0.6 is 22.7 Å². The first-order chi connectivity index (χ1) is 10.6. The number of ether oxygens (including phenoxy) is 1. The second-order valence-corrected chi connectivity index (χ2v) is 8.10. The molecule has 1 aliphatic carbocycles. The quantitative estimate of drug-likeness (QED) is 0.842. The maximum absolute atomic E-state index is 12.7. The Kier molecular flexibility index (Phi) is 3.38. The predicted molar refractivity (Wildman–Crippen MR) is 86.1 cm³/mol. The summed E-state index contributed by atoms with van der Waals surface area (Å²) in [6, 6.07) is 7.24. The van der Waals surface area contributed by atoms with Gasteiger partial charge in [-0.3, -0.25) is 0 Å².